The van der Waals surface area contributed by atoms with Gasteiger partial charge in [0.15, 0.2) is 6.10 Å². The second-order valence-corrected chi connectivity index (χ2v) is 5.72. The molecule has 0 heterocycles. The number of rotatable bonds is 6. The van der Waals surface area contributed by atoms with E-state index in [9.17, 15) is 4.79 Å². The molecule has 1 aliphatic rings. The third-order valence-corrected chi connectivity index (χ3v) is 4.13. The Morgan fingerprint density at radius 2 is 1.95 bits per heavy atom. The fraction of sp³-hybridized carbons (Fsp3) is 0.556. The lowest BCUT2D eigenvalue weighted by Gasteiger charge is -2.27. The van der Waals surface area contributed by atoms with Gasteiger partial charge in [-0.2, -0.15) is 4.89 Å². The lowest BCUT2D eigenvalue weighted by Crippen LogP contribution is -2.21. The van der Waals surface area contributed by atoms with E-state index in [1.165, 1.54) is 12.0 Å². The van der Waals surface area contributed by atoms with Gasteiger partial charge in [-0.25, -0.2) is 4.79 Å². The first-order valence-corrected chi connectivity index (χ1v) is 8.08. The maximum atomic E-state index is 12.0. The molecule has 115 valence electrons. The van der Waals surface area contributed by atoms with Crippen LogP contribution in [0.2, 0.25) is 0 Å². The van der Waals surface area contributed by atoms with Gasteiger partial charge in [0.05, 0.1) is 5.56 Å². The molecule has 1 atom stereocenters. The molecule has 3 heteroatoms. The van der Waals surface area contributed by atoms with Crippen LogP contribution in [0.4, 0.5) is 0 Å². The Morgan fingerprint density at radius 1 is 1.19 bits per heavy atom. The van der Waals surface area contributed by atoms with E-state index in [0.717, 1.165) is 44.6 Å². The van der Waals surface area contributed by atoms with Crippen LogP contribution in [0, 0.1) is 12.0 Å². The maximum Gasteiger partial charge on any atom is 0.373 e. The fourth-order valence-electron chi connectivity index (χ4n) is 2.83. The first kappa shape index (κ1) is 16.0. The number of carbonyl (C=O) groups is 1. The maximum absolute atomic E-state index is 12.0. The molecule has 1 aromatic rings. The molecule has 0 saturated heterocycles. The number of hydrogen-bond donors (Lipinski definition) is 0. The van der Waals surface area contributed by atoms with Gasteiger partial charge in [-0.15, -0.1) is 0 Å². The number of carbonyl (C=O) groups excluding carboxylic acids is 1. The van der Waals surface area contributed by atoms with Crippen molar-refractivity contribution in [3.8, 4) is 0 Å². The van der Waals surface area contributed by atoms with E-state index >= 15 is 0 Å². The van der Waals surface area contributed by atoms with Crippen LogP contribution in [0.1, 0.15) is 68.3 Å². The standard InChI is InChI=1S/C18H25O3/c1-3-7-14-10-12-16(13-11-14)18(19)21-20-17-9-6-5-8-15(17)4-2/h10-13,15H,3-9H2,1-2H3. The number of hydrogen-bond acceptors (Lipinski definition) is 3. The Bertz CT molecular complexity index is 438. The van der Waals surface area contributed by atoms with Gasteiger partial charge in [-0.05, 0) is 42.9 Å². The van der Waals surface area contributed by atoms with Gasteiger partial charge in [-0.3, -0.25) is 4.89 Å². The van der Waals surface area contributed by atoms with E-state index in [1.807, 2.05) is 12.1 Å². The van der Waals surface area contributed by atoms with Gasteiger partial charge in [0, 0.05) is 0 Å². The van der Waals surface area contributed by atoms with Crippen LogP contribution in [-0.2, 0) is 16.2 Å². The molecule has 0 bridgehead atoms. The predicted molar refractivity (Wildman–Crippen MR) is 82.4 cm³/mol. The minimum Gasteiger partial charge on any atom is -0.292 e. The average molecular weight is 289 g/mol. The quantitative estimate of drug-likeness (QED) is 0.554. The fourth-order valence-corrected chi connectivity index (χ4v) is 2.83. The lowest BCUT2D eigenvalue weighted by atomic mass is 9.85. The Labute approximate surface area is 127 Å². The highest BCUT2D eigenvalue weighted by atomic mass is 17.2. The van der Waals surface area contributed by atoms with Crippen LogP contribution in [0.25, 0.3) is 0 Å². The molecule has 2 rings (SSSR count). The third-order valence-electron chi connectivity index (χ3n) is 4.13. The molecule has 0 aromatic heterocycles. The minimum atomic E-state index is -0.411. The summed E-state index contributed by atoms with van der Waals surface area (Å²) in [6, 6.07) is 7.56. The van der Waals surface area contributed by atoms with Gasteiger partial charge in [0.25, 0.3) is 0 Å². The van der Waals surface area contributed by atoms with Crippen molar-refractivity contribution in [2.24, 2.45) is 5.92 Å². The number of aryl methyl sites for hydroxylation is 1. The molecule has 1 aliphatic carbocycles. The Balaban J connectivity index is 1.85. The van der Waals surface area contributed by atoms with Crippen molar-refractivity contribution in [1.82, 2.24) is 0 Å². The lowest BCUT2D eigenvalue weighted by molar-refractivity contribution is -0.247. The zero-order valence-electron chi connectivity index (χ0n) is 13.1. The van der Waals surface area contributed by atoms with Crippen molar-refractivity contribution >= 4 is 5.97 Å². The molecule has 0 amide bonds. The molecule has 0 spiro atoms. The van der Waals surface area contributed by atoms with Crippen molar-refractivity contribution in [2.45, 2.75) is 58.8 Å². The summed E-state index contributed by atoms with van der Waals surface area (Å²) >= 11 is 0. The summed E-state index contributed by atoms with van der Waals surface area (Å²) in [4.78, 5) is 22.4. The molecule has 0 aliphatic heterocycles. The van der Waals surface area contributed by atoms with Crippen molar-refractivity contribution < 1.29 is 14.6 Å². The van der Waals surface area contributed by atoms with Crippen LogP contribution in [0.15, 0.2) is 24.3 Å². The van der Waals surface area contributed by atoms with E-state index in [4.69, 9.17) is 9.78 Å². The monoisotopic (exact) mass is 289 g/mol. The minimum absolute atomic E-state index is 0.411. The van der Waals surface area contributed by atoms with Crippen molar-refractivity contribution in [2.75, 3.05) is 0 Å². The zero-order valence-corrected chi connectivity index (χ0v) is 13.1. The van der Waals surface area contributed by atoms with Gasteiger partial charge < -0.3 is 0 Å². The Hall–Kier alpha value is -1.35. The van der Waals surface area contributed by atoms with Crippen molar-refractivity contribution in [3.63, 3.8) is 0 Å². The van der Waals surface area contributed by atoms with E-state index in [2.05, 4.69) is 13.8 Å². The van der Waals surface area contributed by atoms with Crippen LogP contribution in [0.3, 0.4) is 0 Å². The van der Waals surface area contributed by atoms with Crippen LogP contribution in [0.5, 0.6) is 0 Å². The van der Waals surface area contributed by atoms with Crippen LogP contribution in [-0.4, -0.2) is 5.97 Å². The summed E-state index contributed by atoms with van der Waals surface area (Å²) in [5.74, 6) is 0.0180. The SMILES string of the molecule is CCCc1ccc(C(=O)OO[C]2CCCCC2CC)cc1. The van der Waals surface area contributed by atoms with Gasteiger partial charge in [0.2, 0.25) is 0 Å². The molecule has 21 heavy (non-hydrogen) atoms. The average Bonchev–Trinajstić information content (AvgIpc) is 2.54. The summed E-state index contributed by atoms with van der Waals surface area (Å²) in [7, 11) is 0. The summed E-state index contributed by atoms with van der Waals surface area (Å²) in [5.41, 5.74) is 1.78. The highest BCUT2D eigenvalue weighted by Crippen LogP contribution is 2.34. The smallest absolute Gasteiger partial charge is 0.292 e. The summed E-state index contributed by atoms with van der Waals surface area (Å²) < 4.78 is 0. The second kappa shape index (κ2) is 8.18. The number of benzene rings is 1. The normalized spacial score (nSPS) is 19.4. The molecule has 1 aromatic carbocycles. The van der Waals surface area contributed by atoms with Crippen LogP contribution < -0.4 is 0 Å². The van der Waals surface area contributed by atoms with Gasteiger partial charge >= 0.3 is 5.97 Å². The molecular formula is C18H25O3. The second-order valence-electron chi connectivity index (χ2n) is 5.72. The van der Waals surface area contributed by atoms with E-state index in [1.54, 1.807) is 12.1 Å². The highest BCUT2D eigenvalue weighted by molar-refractivity contribution is 5.88. The molecule has 0 N–H and O–H groups in total. The topological polar surface area (TPSA) is 35.5 Å². The molecule has 1 saturated carbocycles. The van der Waals surface area contributed by atoms with Crippen molar-refractivity contribution in [3.05, 3.63) is 41.5 Å². The van der Waals surface area contributed by atoms with E-state index in [0.29, 0.717) is 11.5 Å². The summed E-state index contributed by atoms with van der Waals surface area (Å²) in [6.07, 6.45) is 8.49. The largest absolute Gasteiger partial charge is 0.373 e. The summed E-state index contributed by atoms with van der Waals surface area (Å²) in [5, 5.41) is 0. The first-order chi connectivity index (χ1) is 10.2. The van der Waals surface area contributed by atoms with Gasteiger partial charge in [0.1, 0.15) is 0 Å². The van der Waals surface area contributed by atoms with E-state index < -0.39 is 5.97 Å². The molecular weight excluding hydrogens is 264 g/mol. The van der Waals surface area contributed by atoms with Crippen LogP contribution >= 0.6 is 0 Å². The Morgan fingerprint density at radius 3 is 2.62 bits per heavy atom. The highest BCUT2D eigenvalue weighted by Gasteiger charge is 2.28. The third kappa shape index (κ3) is 4.57. The summed E-state index contributed by atoms with van der Waals surface area (Å²) in [6.45, 7) is 4.29. The predicted octanol–water partition coefficient (Wildman–Crippen LogP) is 4.86. The zero-order chi connectivity index (χ0) is 15.1. The Kier molecular flexibility index (Phi) is 6.24. The van der Waals surface area contributed by atoms with Crippen molar-refractivity contribution in [1.29, 1.82) is 0 Å². The molecule has 1 fully saturated rings. The van der Waals surface area contributed by atoms with E-state index in [-0.39, 0.29) is 0 Å². The molecule has 1 radical (unpaired) electrons. The molecule has 3 nitrogen and oxygen atoms in total. The first-order valence-electron chi connectivity index (χ1n) is 8.08. The molecule has 1 unspecified atom stereocenters. The van der Waals surface area contributed by atoms with Gasteiger partial charge in [-0.1, -0.05) is 51.7 Å².